The van der Waals surface area contributed by atoms with Gasteiger partial charge in [-0.15, -0.1) is 0 Å². The second-order valence-electron chi connectivity index (χ2n) is 6.88. The van der Waals surface area contributed by atoms with Crippen LogP contribution in [0.1, 0.15) is 35.1 Å². The lowest BCUT2D eigenvalue weighted by Gasteiger charge is -2.10. The number of benzene rings is 2. The molecule has 140 valence electrons. The van der Waals surface area contributed by atoms with Crippen LogP contribution < -0.4 is 10.1 Å². The number of hydrogen-bond donors (Lipinski definition) is 1. The van der Waals surface area contributed by atoms with Gasteiger partial charge < -0.3 is 10.1 Å². The molecule has 0 amide bonds. The molecule has 6 heteroatoms. The molecule has 27 heavy (non-hydrogen) atoms. The summed E-state index contributed by atoms with van der Waals surface area (Å²) >= 11 is 0. The normalized spacial score (nSPS) is 16.6. The second-order valence-corrected chi connectivity index (χ2v) is 6.88. The summed E-state index contributed by atoms with van der Waals surface area (Å²) in [5.41, 5.74) is 2.16. The van der Waals surface area contributed by atoms with Gasteiger partial charge in [-0.2, -0.15) is 5.10 Å². The van der Waals surface area contributed by atoms with E-state index in [0.29, 0.717) is 18.9 Å². The fourth-order valence-corrected chi connectivity index (χ4v) is 3.46. The molecule has 0 spiro atoms. The van der Waals surface area contributed by atoms with E-state index in [4.69, 9.17) is 14.8 Å². The average molecular weight is 366 g/mol. The molecule has 1 N–H and O–H groups in total. The van der Waals surface area contributed by atoms with E-state index in [-0.39, 0.29) is 5.82 Å². The van der Waals surface area contributed by atoms with Gasteiger partial charge in [-0.05, 0) is 48.4 Å². The topological polar surface area (TPSA) is 52.0 Å². The molecule has 0 saturated carbocycles. The van der Waals surface area contributed by atoms with Crippen molar-refractivity contribution in [2.24, 2.45) is 0 Å². The second kappa shape index (κ2) is 7.88. The van der Waals surface area contributed by atoms with Crippen molar-refractivity contribution in [1.29, 1.82) is 0 Å². The Morgan fingerprint density at radius 1 is 1.11 bits per heavy atom. The van der Waals surface area contributed by atoms with Gasteiger partial charge in [-0.25, -0.2) is 14.1 Å². The fraction of sp³-hybridized carbons (Fsp3) is 0.333. The summed E-state index contributed by atoms with van der Waals surface area (Å²) in [7, 11) is 1.66. The number of hydrogen-bond acceptors (Lipinski definition) is 4. The van der Waals surface area contributed by atoms with Crippen LogP contribution in [0.4, 0.5) is 4.39 Å². The highest BCUT2D eigenvalue weighted by Gasteiger charge is 2.23. The highest BCUT2D eigenvalue weighted by atomic mass is 19.1. The number of rotatable bonds is 6. The van der Waals surface area contributed by atoms with E-state index in [1.165, 1.54) is 12.1 Å². The molecule has 5 nitrogen and oxygen atoms in total. The molecule has 4 rings (SSSR count). The number of nitrogens with zero attached hydrogens (tertiary/aromatic N) is 3. The van der Waals surface area contributed by atoms with Crippen LogP contribution in [0, 0.1) is 5.82 Å². The number of ether oxygens (including phenoxy) is 1. The summed E-state index contributed by atoms with van der Waals surface area (Å²) in [5, 5.41) is 8.16. The minimum atomic E-state index is -0.224. The molecule has 1 fully saturated rings. The zero-order valence-corrected chi connectivity index (χ0v) is 15.4. The Morgan fingerprint density at radius 3 is 2.52 bits per heavy atom. The molecule has 1 saturated heterocycles. The third-order valence-electron chi connectivity index (χ3n) is 4.94. The number of aromatic nitrogens is 3. The van der Waals surface area contributed by atoms with Gasteiger partial charge in [0, 0.05) is 18.9 Å². The predicted octanol–water partition coefficient (Wildman–Crippen LogP) is 3.14. The van der Waals surface area contributed by atoms with Crippen LogP contribution in [0.3, 0.4) is 0 Å². The maximum atomic E-state index is 13.2. The lowest BCUT2D eigenvalue weighted by atomic mass is 10.1. The van der Waals surface area contributed by atoms with Crippen molar-refractivity contribution in [2.75, 3.05) is 20.2 Å². The van der Waals surface area contributed by atoms with E-state index in [1.807, 2.05) is 28.9 Å². The molecule has 3 aromatic rings. The minimum Gasteiger partial charge on any atom is -0.497 e. The third kappa shape index (κ3) is 4.17. The lowest BCUT2D eigenvalue weighted by Crippen LogP contribution is -2.14. The molecule has 0 unspecified atom stereocenters. The largest absolute Gasteiger partial charge is 0.497 e. The molecular formula is C21H23FN4O. The summed E-state index contributed by atoms with van der Waals surface area (Å²) in [5.74, 6) is 2.79. The van der Waals surface area contributed by atoms with E-state index in [0.717, 1.165) is 48.0 Å². The molecule has 1 aromatic heterocycles. The summed E-state index contributed by atoms with van der Waals surface area (Å²) in [6, 6.07) is 14.6. The van der Waals surface area contributed by atoms with Crippen molar-refractivity contribution in [3.8, 4) is 5.75 Å². The maximum Gasteiger partial charge on any atom is 0.155 e. The SMILES string of the molecule is COc1ccc(Cc2nc([C@@H]3CCNC3)n(Cc3ccc(F)cc3)n2)cc1. The molecule has 0 bridgehead atoms. The van der Waals surface area contributed by atoms with Crippen molar-refractivity contribution in [1.82, 2.24) is 20.1 Å². The quantitative estimate of drug-likeness (QED) is 0.728. The monoisotopic (exact) mass is 366 g/mol. The van der Waals surface area contributed by atoms with Gasteiger partial charge in [-0.1, -0.05) is 24.3 Å². The molecule has 1 atom stereocenters. The molecule has 0 radical (unpaired) electrons. The van der Waals surface area contributed by atoms with Crippen LogP contribution in [0.2, 0.25) is 0 Å². The smallest absolute Gasteiger partial charge is 0.155 e. The Kier molecular flexibility index (Phi) is 5.16. The summed E-state index contributed by atoms with van der Waals surface area (Å²) in [6.45, 7) is 2.52. The number of halogens is 1. The highest BCUT2D eigenvalue weighted by Crippen LogP contribution is 2.23. The Bertz CT molecular complexity index is 884. The first kappa shape index (κ1) is 17.7. The lowest BCUT2D eigenvalue weighted by molar-refractivity contribution is 0.414. The number of nitrogens with one attached hydrogen (secondary N) is 1. The predicted molar refractivity (Wildman–Crippen MR) is 102 cm³/mol. The Hall–Kier alpha value is -2.73. The molecule has 2 aromatic carbocycles. The highest BCUT2D eigenvalue weighted by molar-refractivity contribution is 5.29. The van der Waals surface area contributed by atoms with E-state index in [9.17, 15) is 4.39 Å². The van der Waals surface area contributed by atoms with Crippen LogP contribution in [0.15, 0.2) is 48.5 Å². The first-order valence-corrected chi connectivity index (χ1v) is 9.23. The molecule has 2 heterocycles. The van der Waals surface area contributed by atoms with E-state index < -0.39 is 0 Å². The average Bonchev–Trinajstić information content (AvgIpc) is 3.34. The summed E-state index contributed by atoms with van der Waals surface area (Å²) in [6.07, 6.45) is 1.73. The van der Waals surface area contributed by atoms with Gasteiger partial charge in [0.25, 0.3) is 0 Å². The molecular weight excluding hydrogens is 343 g/mol. The molecule has 0 aliphatic carbocycles. The Labute approximate surface area is 158 Å². The summed E-state index contributed by atoms with van der Waals surface area (Å²) in [4.78, 5) is 4.85. The van der Waals surface area contributed by atoms with Crippen molar-refractivity contribution in [3.63, 3.8) is 0 Å². The Morgan fingerprint density at radius 2 is 1.85 bits per heavy atom. The van der Waals surface area contributed by atoms with Crippen LogP contribution in [0.25, 0.3) is 0 Å². The first-order chi connectivity index (χ1) is 13.2. The van der Waals surface area contributed by atoms with Crippen molar-refractivity contribution in [3.05, 3.63) is 77.1 Å². The zero-order valence-electron chi connectivity index (χ0n) is 15.4. The molecule has 1 aliphatic heterocycles. The van der Waals surface area contributed by atoms with Gasteiger partial charge in [0.05, 0.1) is 13.7 Å². The van der Waals surface area contributed by atoms with E-state index in [1.54, 1.807) is 19.2 Å². The van der Waals surface area contributed by atoms with Crippen molar-refractivity contribution < 1.29 is 9.13 Å². The van der Waals surface area contributed by atoms with Gasteiger partial charge in [0.2, 0.25) is 0 Å². The van der Waals surface area contributed by atoms with E-state index >= 15 is 0 Å². The standard InChI is InChI=1S/C21H23FN4O/c1-27-19-8-4-15(5-9-19)12-20-24-21(17-10-11-23-13-17)26(25-20)14-16-2-6-18(22)7-3-16/h2-9,17,23H,10-14H2,1H3/t17-/m1/s1. The van der Waals surface area contributed by atoms with Crippen molar-refractivity contribution >= 4 is 0 Å². The molecule has 1 aliphatic rings. The summed E-state index contributed by atoms with van der Waals surface area (Å²) < 4.78 is 20.4. The van der Waals surface area contributed by atoms with Gasteiger partial charge in [0.15, 0.2) is 5.82 Å². The fourth-order valence-electron chi connectivity index (χ4n) is 3.46. The number of methoxy groups -OCH3 is 1. The maximum absolute atomic E-state index is 13.2. The Balaban J connectivity index is 1.59. The van der Waals surface area contributed by atoms with Crippen LogP contribution in [-0.4, -0.2) is 35.0 Å². The van der Waals surface area contributed by atoms with Gasteiger partial charge in [0.1, 0.15) is 17.4 Å². The van der Waals surface area contributed by atoms with Crippen LogP contribution in [0.5, 0.6) is 5.75 Å². The van der Waals surface area contributed by atoms with Crippen LogP contribution >= 0.6 is 0 Å². The van der Waals surface area contributed by atoms with Gasteiger partial charge in [-0.3, -0.25) is 0 Å². The van der Waals surface area contributed by atoms with E-state index in [2.05, 4.69) is 5.32 Å². The van der Waals surface area contributed by atoms with Gasteiger partial charge >= 0.3 is 0 Å². The van der Waals surface area contributed by atoms with Crippen molar-refractivity contribution in [2.45, 2.75) is 25.3 Å². The minimum absolute atomic E-state index is 0.224. The third-order valence-corrected chi connectivity index (χ3v) is 4.94. The van der Waals surface area contributed by atoms with Crippen LogP contribution in [-0.2, 0) is 13.0 Å². The first-order valence-electron chi connectivity index (χ1n) is 9.23. The zero-order chi connectivity index (χ0) is 18.6.